The maximum Gasteiger partial charge on any atom is 0.267 e. The maximum absolute atomic E-state index is 11.3. The number of fused-ring (bicyclic) bond motifs is 1. The van der Waals surface area contributed by atoms with Crippen LogP contribution < -0.4 is 11.3 Å². The second kappa shape index (κ2) is 3.39. The van der Waals surface area contributed by atoms with Gasteiger partial charge in [-0.1, -0.05) is 0 Å². The number of rotatable bonds is 1. The Morgan fingerprint density at radius 1 is 1.29 bits per heavy atom. The van der Waals surface area contributed by atoms with Crippen molar-refractivity contribution in [3.8, 4) is 0 Å². The molecule has 5 heteroatoms. The second-order valence-corrected chi connectivity index (χ2v) is 2.70. The first-order valence-electron chi connectivity index (χ1n) is 4.03. The van der Waals surface area contributed by atoms with Crippen LogP contribution in [0.3, 0.4) is 0 Å². The van der Waals surface area contributed by atoms with Crippen LogP contribution in [0.4, 0.5) is 0 Å². The summed E-state index contributed by atoms with van der Waals surface area (Å²) in [6.45, 7) is 0. The SMILES string of the molecule is NNC(=O)c1ccnc2cccnc12. The van der Waals surface area contributed by atoms with Crippen LogP contribution in [0.15, 0.2) is 30.6 Å². The van der Waals surface area contributed by atoms with E-state index in [0.717, 1.165) is 0 Å². The van der Waals surface area contributed by atoms with Gasteiger partial charge in [-0.2, -0.15) is 0 Å². The Morgan fingerprint density at radius 2 is 2.14 bits per heavy atom. The Hall–Kier alpha value is -2.01. The lowest BCUT2D eigenvalue weighted by molar-refractivity contribution is 0.0955. The predicted octanol–water partition coefficient (Wildman–Crippen LogP) is 0.233. The molecule has 0 aliphatic carbocycles. The molecule has 0 aliphatic rings. The molecule has 0 spiro atoms. The number of carbonyl (C=O) groups is 1. The molecule has 0 saturated heterocycles. The number of nitrogens with one attached hydrogen (secondary N) is 1. The fourth-order valence-electron chi connectivity index (χ4n) is 1.24. The molecule has 14 heavy (non-hydrogen) atoms. The molecule has 70 valence electrons. The fourth-order valence-corrected chi connectivity index (χ4v) is 1.24. The van der Waals surface area contributed by atoms with E-state index < -0.39 is 0 Å². The van der Waals surface area contributed by atoms with Crippen molar-refractivity contribution >= 4 is 16.9 Å². The molecule has 1 amide bonds. The molecule has 3 N–H and O–H groups in total. The maximum atomic E-state index is 11.3. The Balaban J connectivity index is 2.71. The molecule has 2 heterocycles. The Kier molecular flexibility index (Phi) is 2.08. The van der Waals surface area contributed by atoms with Crippen molar-refractivity contribution in [3.05, 3.63) is 36.2 Å². The third kappa shape index (κ3) is 1.29. The quantitative estimate of drug-likeness (QED) is 0.381. The fraction of sp³-hybridized carbons (Fsp3) is 0. The summed E-state index contributed by atoms with van der Waals surface area (Å²) in [5.74, 6) is 4.68. The number of aromatic nitrogens is 2. The van der Waals surface area contributed by atoms with Gasteiger partial charge in [0, 0.05) is 12.4 Å². The van der Waals surface area contributed by atoms with Gasteiger partial charge in [0.2, 0.25) is 0 Å². The van der Waals surface area contributed by atoms with E-state index in [-0.39, 0.29) is 5.91 Å². The van der Waals surface area contributed by atoms with Gasteiger partial charge in [-0.05, 0) is 18.2 Å². The van der Waals surface area contributed by atoms with E-state index in [1.54, 1.807) is 30.6 Å². The number of nitrogen functional groups attached to an aromatic ring is 1. The van der Waals surface area contributed by atoms with E-state index in [0.29, 0.717) is 16.6 Å². The lowest BCUT2D eigenvalue weighted by Crippen LogP contribution is -2.30. The summed E-state index contributed by atoms with van der Waals surface area (Å²) in [6, 6.07) is 5.13. The molecule has 0 atom stereocenters. The van der Waals surface area contributed by atoms with Crippen LogP contribution in [-0.2, 0) is 0 Å². The van der Waals surface area contributed by atoms with Gasteiger partial charge in [-0.25, -0.2) is 5.84 Å². The smallest absolute Gasteiger partial charge is 0.267 e. The van der Waals surface area contributed by atoms with Gasteiger partial charge >= 0.3 is 0 Å². The van der Waals surface area contributed by atoms with Gasteiger partial charge in [-0.15, -0.1) is 0 Å². The van der Waals surface area contributed by atoms with Crippen molar-refractivity contribution in [2.75, 3.05) is 0 Å². The Labute approximate surface area is 79.9 Å². The molecular weight excluding hydrogens is 180 g/mol. The minimum atomic E-state index is -0.365. The van der Waals surface area contributed by atoms with Crippen LogP contribution in [0.25, 0.3) is 11.0 Å². The van der Waals surface area contributed by atoms with Gasteiger partial charge in [0.15, 0.2) is 0 Å². The molecule has 2 aromatic rings. The van der Waals surface area contributed by atoms with Crippen molar-refractivity contribution in [1.29, 1.82) is 0 Å². The number of hydrogen-bond acceptors (Lipinski definition) is 4. The van der Waals surface area contributed by atoms with Gasteiger partial charge in [0.05, 0.1) is 11.1 Å². The average molecular weight is 188 g/mol. The molecule has 2 aromatic heterocycles. The number of carbonyl (C=O) groups excluding carboxylic acids is 1. The summed E-state index contributed by atoms with van der Waals surface area (Å²) < 4.78 is 0. The van der Waals surface area contributed by atoms with Crippen LogP contribution in [0.1, 0.15) is 10.4 Å². The van der Waals surface area contributed by atoms with E-state index in [1.165, 1.54) is 0 Å². The van der Waals surface area contributed by atoms with Gasteiger partial charge < -0.3 is 0 Å². The van der Waals surface area contributed by atoms with Crippen molar-refractivity contribution in [2.24, 2.45) is 5.84 Å². The second-order valence-electron chi connectivity index (χ2n) is 2.70. The van der Waals surface area contributed by atoms with Crippen molar-refractivity contribution in [1.82, 2.24) is 15.4 Å². The number of nitrogens with two attached hydrogens (primary N) is 1. The molecule has 0 radical (unpaired) electrons. The van der Waals surface area contributed by atoms with Crippen LogP contribution in [0, 0.1) is 0 Å². The van der Waals surface area contributed by atoms with Crippen LogP contribution >= 0.6 is 0 Å². The predicted molar refractivity (Wildman–Crippen MR) is 51.2 cm³/mol. The summed E-state index contributed by atoms with van der Waals surface area (Å²) in [4.78, 5) is 19.5. The molecule has 0 aliphatic heterocycles. The zero-order valence-corrected chi connectivity index (χ0v) is 7.27. The molecule has 0 unspecified atom stereocenters. The van der Waals surface area contributed by atoms with E-state index in [1.807, 2.05) is 0 Å². The highest BCUT2D eigenvalue weighted by Gasteiger charge is 2.08. The summed E-state index contributed by atoms with van der Waals surface area (Å²) in [5.41, 5.74) is 3.72. The number of hydrazine groups is 1. The molecule has 0 fully saturated rings. The first kappa shape index (κ1) is 8.58. The molecular formula is C9H8N4O. The van der Waals surface area contributed by atoms with Crippen molar-refractivity contribution in [2.45, 2.75) is 0 Å². The summed E-state index contributed by atoms with van der Waals surface area (Å²) in [7, 11) is 0. The van der Waals surface area contributed by atoms with E-state index in [4.69, 9.17) is 5.84 Å². The minimum Gasteiger partial charge on any atom is -0.290 e. The van der Waals surface area contributed by atoms with Crippen LogP contribution in [-0.4, -0.2) is 15.9 Å². The van der Waals surface area contributed by atoms with Gasteiger partial charge in [0.25, 0.3) is 5.91 Å². The molecule has 0 saturated carbocycles. The topological polar surface area (TPSA) is 80.9 Å². The average Bonchev–Trinajstić information content (AvgIpc) is 2.27. The van der Waals surface area contributed by atoms with Gasteiger partial charge in [0.1, 0.15) is 5.52 Å². The zero-order valence-electron chi connectivity index (χ0n) is 7.27. The zero-order chi connectivity index (χ0) is 9.97. The molecule has 0 aromatic carbocycles. The summed E-state index contributed by atoms with van der Waals surface area (Å²) in [5, 5.41) is 0. The first-order chi connectivity index (χ1) is 6.83. The highest BCUT2D eigenvalue weighted by atomic mass is 16.2. The summed E-state index contributed by atoms with van der Waals surface area (Å²) in [6.07, 6.45) is 3.16. The largest absolute Gasteiger partial charge is 0.290 e. The lowest BCUT2D eigenvalue weighted by atomic mass is 10.2. The highest BCUT2D eigenvalue weighted by molar-refractivity contribution is 6.04. The van der Waals surface area contributed by atoms with Crippen molar-refractivity contribution < 1.29 is 4.79 Å². The number of pyridine rings is 2. The summed E-state index contributed by atoms with van der Waals surface area (Å²) >= 11 is 0. The molecule has 5 nitrogen and oxygen atoms in total. The third-order valence-electron chi connectivity index (χ3n) is 1.87. The van der Waals surface area contributed by atoms with Crippen LogP contribution in [0.2, 0.25) is 0 Å². The Bertz CT molecular complexity index is 478. The monoisotopic (exact) mass is 188 g/mol. The molecule has 2 rings (SSSR count). The third-order valence-corrected chi connectivity index (χ3v) is 1.87. The molecule has 0 bridgehead atoms. The van der Waals surface area contributed by atoms with E-state index in [2.05, 4.69) is 15.4 Å². The standard InChI is InChI=1S/C9H8N4O/c10-13-9(14)6-3-5-11-7-2-1-4-12-8(6)7/h1-5H,10H2,(H,13,14). The number of nitrogens with zero attached hydrogens (tertiary/aromatic N) is 2. The normalized spacial score (nSPS) is 10.1. The van der Waals surface area contributed by atoms with Crippen LogP contribution in [0.5, 0.6) is 0 Å². The minimum absolute atomic E-state index is 0.365. The van der Waals surface area contributed by atoms with E-state index >= 15 is 0 Å². The first-order valence-corrected chi connectivity index (χ1v) is 4.03. The van der Waals surface area contributed by atoms with Crippen molar-refractivity contribution in [3.63, 3.8) is 0 Å². The number of hydrogen-bond donors (Lipinski definition) is 2. The number of amides is 1. The van der Waals surface area contributed by atoms with Gasteiger partial charge in [-0.3, -0.25) is 20.2 Å². The lowest BCUT2D eigenvalue weighted by Gasteiger charge is -2.02. The highest BCUT2D eigenvalue weighted by Crippen LogP contribution is 2.12. The Morgan fingerprint density at radius 3 is 2.93 bits per heavy atom. The van der Waals surface area contributed by atoms with E-state index in [9.17, 15) is 4.79 Å².